The zero-order valence-electron chi connectivity index (χ0n) is 11.2. The molecule has 3 heterocycles. The van der Waals surface area contributed by atoms with E-state index in [1.54, 1.807) is 11.3 Å². The number of nitrogens with one attached hydrogen (secondary N) is 1. The molecule has 1 N–H and O–H groups in total. The zero-order valence-corrected chi connectivity index (χ0v) is 13.7. The van der Waals surface area contributed by atoms with Gasteiger partial charge in [-0.2, -0.15) is 11.8 Å². The molecule has 1 fully saturated rings. The summed E-state index contributed by atoms with van der Waals surface area (Å²) in [5.41, 5.74) is 0. The molecule has 3 atom stereocenters. The quantitative estimate of drug-likeness (QED) is 0.906. The molecule has 0 radical (unpaired) electrons. The van der Waals surface area contributed by atoms with Crippen molar-refractivity contribution in [1.82, 2.24) is 9.97 Å². The van der Waals surface area contributed by atoms with Gasteiger partial charge in [-0.15, -0.1) is 23.1 Å². The second-order valence-corrected chi connectivity index (χ2v) is 8.58. The Bertz CT molecular complexity index is 584. The molecule has 0 saturated carbocycles. The van der Waals surface area contributed by atoms with Crippen molar-refractivity contribution < 1.29 is 0 Å². The van der Waals surface area contributed by atoms with Crippen molar-refractivity contribution in [2.24, 2.45) is 0 Å². The Hall–Kier alpha value is -0.460. The van der Waals surface area contributed by atoms with Crippen molar-refractivity contribution in [2.45, 2.75) is 29.6 Å². The fourth-order valence-electron chi connectivity index (χ4n) is 2.13. The molecule has 19 heavy (non-hydrogen) atoms. The lowest BCUT2D eigenvalue weighted by Gasteiger charge is -2.30. The van der Waals surface area contributed by atoms with Crippen LogP contribution in [0, 0.1) is 0 Å². The summed E-state index contributed by atoms with van der Waals surface area (Å²) in [6.07, 6.45) is 0. The third-order valence-electron chi connectivity index (χ3n) is 3.42. The molecule has 3 unspecified atom stereocenters. The lowest BCUT2D eigenvalue weighted by molar-refractivity contribution is 0.867. The topological polar surface area (TPSA) is 37.8 Å². The van der Waals surface area contributed by atoms with Crippen LogP contribution in [-0.2, 0) is 0 Å². The molecule has 2 aromatic heterocycles. The highest BCUT2D eigenvalue weighted by atomic mass is 32.2. The van der Waals surface area contributed by atoms with E-state index < -0.39 is 0 Å². The number of hydrogen-bond donors (Lipinski definition) is 1. The van der Waals surface area contributed by atoms with Crippen LogP contribution in [0.15, 0.2) is 11.4 Å². The van der Waals surface area contributed by atoms with E-state index >= 15 is 0 Å². The maximum atomic E-state index is 4.76. The maximum Gasteiger partial charge on any atom is 0.146 e. The van der Waals surface area contributed by atoms with Gasteiger partial charge in [-0.05, 0) is 11.4 Å². The fraction of sp³-hybridized carbons (Fsp3) is 0.538. The number of thioether (sulfide) groups is 2. The molecule has 3 nitrogen and oxygen atoms in total. The first-order chi connectivity index (χ1) is 9.19. The maximum absolute atomic E-state index is 4.76. The highest BCUT2D eigenvalue weighted by molar-refractivity contribution is 8.07. The second-order valence-electron chi connectivity index (χ2n) is 4.69. The Morgan fingerprint density at radius 1 is 1.26 bits per heavy atom. The second kappa shape index (κ2) is 5.50. The summed E-state index contributed by atoms with van der Waals surface area (Å²) in [5.74, 6) is 3.05. The van der Waals surface area contributed by atoms with Crippen LogP contribution in [0.4, 0.5) is 5.82 Å². The van der Waals surface area contributed by atoms with Crippen molar-refractivity contribution >= 4 is 50.9 Å². The number of thiophene rings is 1. The highest BCUT2D eigenvalue weighted by Crippen LogP contribution is 2.44. The van der Waals surface area contributed by atoms with Crippen molar-refractivity contribution in [3.63, 3.8) is 0 Å². The monoisotopic (exact) mass is 311 g/mol. The third-order valence-corrected chi connectivity index (χ3v) is 7.61. The molecule has 0 spiro atoms. The first-order valence-corrected chi connectivity index (χ1v) is 9.26. The Balaban J connectivity index is 1.96. The van der Waals surface area contributed by atoms with Gasteiger partial charge < -0.3 is 5.32 Å². The van der Waals surface area contributed by atoms with E-state index in [4.69, 9.17) is 9.97 Å². The molecule has 1 aliphatic heterocycles. The smallest absolute Gasteiger partial charge is 0.146 e. The molecule has 0 aliphatic carbocycles. The van der Waals surface area contributed by atoms with Crippen LogP contribution in [0.1, 0.15) is 24.9 Å². The van der Waals surface area contributed by atoms with Crippen molar-refractivity contribution in [3.8, 4) is 0 Å². The van der Waals surface area contributed by atoms with Gasteiger partial charge in [-0.1, -0.05) is 13.8 Å². The van der Waals surface area contributed by atoms with E-state index in [1.807, 2.05) is 30.6 Å². The van der Waals surface area contributed by atoms with E-state index in [0.29, 0.717) is 10.5 Å². The highest BCUT2D eigenvalue weighted by Gasteiger charge is 2.29. The lowest BCUT2D eigenvalue weighted by atomic mass is 10.3. The average Bonchev–Trinajstić information content (AvgIpc) is 2.89. The van der Waals surface area contributed by atoms with Gasteiger partial charge in [0, 0.05) is 23.3 Å². The molecule has 0 bridgehead atoms. The van der Waals surface area contributed by atoms with Gasteiger partial charge in [-0.3, -0.25) is 0 Å². The van der Waals surface area contributed by atoms with Crippen LogP contribution in [0.5, 0.6) is 0 Å². The van der Waals surface area contributed by atoms with Gasteiger partial charge in [0.15, 0.2) is 0 Å². The largest absolute Gasteiger partial charge is 0.372 e. The van der Waals surface area contributed by atoms with Gasteiger partial charge in [0.1, 0.15) is 16.5 Å². The number of anilines is 1. The van der Waals surface area contributed by atoms with Gasteiger partial charge >= 0.3 is 0 Å². The van der Waals surface area contributed by atoms with E-state index in [1.165, 1.54) is 0 Å². The minimum atomic E-state index is 0.412. The molecule has 1 aliphatic rings. The molecule has 1 saturated heterocycles. The average molecular weight is 312 g/mol. The summed E-state index contributed by atoms with van der Waals surface area (Å²) < 4.78 is 0. The summed E-state index contributed by atoms with van der Waals surface area (Å²) >= 11 is 5.73. The van der Waals surface area contributed by atoms with Crippen molar-refractivity contribution in [3.05, 3.63) is 17.3 Å². The first-order valence-electron chi connectivity index (χ1n) is 6.39. The Morgan fingerprint density at radius 3 is 2.84 bits per heavy atom. The summed E-state index contributed by atoms with van der Waals surface area (Å²) in [6.45, 7) is 4.61. The van der Waals surface area contributed by atoms with Gasteiger partial charge in [0.25, 0.3) is 0 Å². The summed E-state index contributed by atoms with van der Waals surface area (Å²) in [4.78, 5) is 10.6. The number of nitrogens with zero attached hydrogens (tertiary/aromatic N) is 2. The van der Waals surface area contributed by atoms with Crippen LogP contribution in [0.25, 0.3) is 10.2 Å². The summed E-state index contributed by atoms with van der Waals surface area (Å²) in [7, 11) is 1.93. The molecule has 6 heteroatoms. The minimum Gasteiger partial charge on any atom is -0.372 e. The van der Waals surface area contributed by atoms with Crippen LogP contribution in [0.2, 0.25) is 0 Å². The van der Waals surface area contributed by atoms with E-state index in [9.17, 15) is 0 Å². The van der Waals surface area contributed by atoms with Gasteiger partial charge in [0.05, 0.1) is 10.6 Å². The third kappa shape index (κ3) is 2.58. The molecule has 102 valence electrons. The molecular formula is C13H17N3S3. The van der Waals surface area contributed by atoms with Gasteiger partial charge in [-0.25, -0.2) is 9.97 Å². The predicted octanol–water partition coefficient (Wildman–Crippen LogP) is 4.03. The van der Waals surface area contributed by atoms with E-state index in [0.717, 1.165) is 32.9 Å². The zero-order chi connectivity index (χ0) is 13.4. The summed E-state index contributed by atoms with van der Waals surface area (Å²) in [5, 5.41) is 8.19. The number of rotatable bonds is 2. The Kier molecular flexibility index (Phi) is 3.91. The van der Waals surface area contributed by atoms with Crippen LogP contribution < -0.4 is 5.32 Å². The van der Waals surface area contributed by atoms with Crippen molar-refractivity contribution in [1.29, 1.82) is 0 Å². The summed E-state index contributed by atoms with van der Waals surface area (Å²) in [6, 6.07) is 2.09. The fourth-order valence-corrected chi connectivity index (χ4v) is 5.74. The number of hydrogen-bond acceptors (Lipinski definition) is 6. The molecule has 0 aromatic carbocycles. The lowest BCUT2D eigenvalue weighted by Crippen LogP contribution is -2.23. The molecule has 2 aromatic rings. The Morgan fingerprint density at radius 2 is 2.11 bits per heavy atom. The SMILES string of the molecule is CNc1nc(C2CSC(C)C(C)S2)nc2sccc12. The predicted molar refractivity (Wildman–Crippen MR) is 88.7 cm³/mol. The van der Waals surface area contributed by atoms with Crippen LogP contribution >= 0.6 is 34.9 Å². The van der Waals surface area contributed by atoms with E-state index in [2.05, 4.69) is 30.6 Å². The Labute approximate surface area is 126 Å². The minimum absolute atomic E-state index is 0.412. The normalized spacial score (nSPS) is 27.6. The van der Waals surface area contributed by atoms with Crippen molar-refractivity contribution in [2.75, 3.05) is 18.1 Å². The first kappa shape index (κ1) is 13.5. The molecule has 3 rings (SSSR count). The number of aromatic nitrogens is 2. The van der Waals surface area contributed by atoms with Crippen LogP contribution in [0.3, 0.4) is 0 Å². The van der Waals surface area contributed by atoms with E-state index in [-0.39, 0.29) is 0 Å². The van der Waals surface area contributed by atoms with Gasteiger partial charge in [0.2, 0.25) is 0 Å². The van der Waals surface area contributed by atoms with Crippen LogP contribution in [-0.4, -0.2) is 33.3 Å². The molecule has 0 amide bonds. The number of fused-ring (bicyclic) bond motifs is 1. The standard InChI is InChI=1S/C13H17N3S3/c1-7-8(2)19-10(6-18-7)12-15-11(14-3)9-4-5-17-13(9)16-12/h4-5,7-8,10H,6H2,1-3H3,(H,14,15,16). The molecular weight excluding hydrogens is 294 g/mol.